The van der Waals surface area contributed by atoms with Gasteiger partial charge < -0.3 is 15.2 Å². The van der Waals surface area contributed by atoms with Crippen molar-refractivity contribution < 1.29 is 13.2 Å². The Morgan fingerprint density at radius 3 is 2.50 bits per heavy atom. The summed E-state index contributed by atoms with van der Waals surface area (Å²) >= 11 is 0. The first-order chi connectivity index (χ1) is 18.3. The van der Waals surface area contributed by atoms with Crippen LogP contribution in [0, 0.1) is 12.8 Å². The fourth-order valence-corrected chi connectivity index (χ4v) is 6.30. The van der Waals surface area contributed by atoms with Gasteiger partial charge >= 0.3 is 0 Å². The number of amides is 1. The molecular weight excluding hydrogens is 500 g/mol. The monoisotopic (exact) mass is 532 g/mol. The van der Waals surface area contributed by atoms with E-state index >= 15 is 0 Å². The number of piperidine rings is 1. The molecule has 1 aliphatic rings. The maximum Gasteiger partial charge on any atom is 0.241 e. The zero-order valence-corrected chi connectivity index (χ0v) is 22.1. The van der Waals surface area contributed by atoms with Gasteiger partial charge in [0.15, 0.2) is 0 Å². The Labute approximate surface area is 222 Å². The lowest BCUT2D eigenvalue weighted by Gasteiger charge is -2.33. The number of aromatic nitrogens is 3. The van der Waals surface area contributed by atoms with E-state index in [0.29, 0.717) is 24.7 Å². The molecule has 1 aliphatic heterocycles. The number of hydrogen-bond donors (Lipinski definition) is 2. The van der Waals surface area contributed by atoms with Gasteiger partial charge in [-0.05, 0) is 61.6 Å². The van der Waals surface area contributed by atoms with Crippen LogP contribution in [0.1, 0.15) is 36.7 Å². The zero-order chi connectivity index (χ0) is 26.7. The Balaban J connectivity index is 1.25. The van der Waals surface area contributed by atoms with Gasteiger partial charge in [0.05, 0.1) is 22.7 Å². The van der Waals surface area contributed by atoms with Gasteiger partial charge in [-0.1, -0.05) is 30.3 Å². The topological polar surface area (TPSA) is 123 Å². The third-order valence-electron chi connectivity index (χ3n) is 7.22. The van der Waals surface area contributed by atoms with E-state index in [-0.39, 0.29) is 17.2 Å². The molecule has 0 bridgehead atoms. The predicted molar refractivity (Wildman–Crippen MR) is 147 cm³/mol. The molecule has 38 heavy (non-hydrogen) atoms. The molecule has 0 aliphatic carbocycles. The number of carbonyl (C=O) groups excluding carboxylic acids is 1. The molecule has 0 saturated carbocycles. The molecule has 1 saturated heterocycles. The van der Waals surface area contributed by atoms with Crippen molar-refractivity contribution in [1.29, 1.82) is 0 Å². The molecule has 9 nitrogen and oxygen atoms in total. The van der Waals surface area contributed by atoms with Crippen molar-refractivity contribution in [3.05, 3.63) is 84.4 Å². The SMILES string of the molecule is Cc1nc2cnccc2n1CC1CCN(C(=O)CC(NS(=O)(=O)c2ccc(N)cc2)c2ccccc2)CC1. The van der Waals surface area contributed by atoms with Gasteiger partial charge in [0.25, 0.3) is 0 Å². The summed E-state index contributed by atoms with van der Waals surface area (Å²) in [5, 5.41) is 0. The third kappa shape index (κ3) is 5.71. The van der Waals surface area contributed by atoms with Crippen molar-refractivity contribution in [2.75, 3.05) is 18.8 Å². The highest BCUT2D eigenvalue weighted by molar-refractivity contribution is 7.89. The number of hydrogen-bond acceptors (Lipinski definition) is 6. The molecule has 2 aromatic heterocycles. The number of benzene rings is 2. The normalized spacial score (nSPS) is 15.6. The van der Waals surface area contributed by atoms with E-state index in [4.69, 9.17) is 5.73 Å². The van der Waals surface area contributed by atoms with Crippen LogP contribution in [0.2, 0.25) is 0 Å². The van der Waals surface area contributed by atoms with Gasteiger partial charge in [0.1, 0.15) is 11.3 Å². The summed E-state index contributed by atoms with van der Waals surface area (Å²) in [6.45, 7) is 4.14. The van der Waals surface area contributed by atoms with E-state index in [2.05, 4.69) is 19.3 Å². The number of fused-ring (bicyclic) bond motifs is 1. The van der Waals surface area contributed by atoms with Gasteiger partial charge in [0.2, 0.25) is 15.9 Å². The molecule has 10 heteroatoms. The van der Waals surface area contributed by atoms with E-state index in [9.17, 15) is 13.2 Å². The van der Waals surface area contributed by atoms with Crippen LogP contribution in [0.5, 0.6) is 0 Å². The second-order valence-corrected chi connectivity index (χ2v) is 11.5. The molecule has 2 aromatic carbocycles. The first kappa shape index (κ1) is 25.9. The van der Waals surface area contributed by atoms with Crippen molar-refractivity contribution in [2.45, 2.75) is 43.7 Å². The van der Waals surface area contributed by atoms with E-state index in [1.165, 1.54) is 12.1 Å². The van der Waals surface area contributed by atoms with Crippen LogP contribution < -0.4 is 10.5 Å². The molecule has 3 heterocycles. The molecule has 1 fully saturated rings. The number of sulfonamides is 1. The van der Waals surface area contributed by atoms with Crippen LogP contribution in [-0.4, -0.2) is 46.8 Å². The fourth-order valence-electron chi connectivity index (χ4n) is 5.07. The minimum atomic E-state index is -3.85. The number of imidazole rings is 1. The van der Waals surface area contributed by atoms with E-state index in [0.717, 1.165) is 41.8 Å². The smallest absolute Gasteiger partial charge is 0.241 e. The molecule has 1 amide bonds. The summed E-state index contributed by atoms with van der Waals surface area (Å²) in [7, 11) is -3.85. The summed E-state index contributed by atoms with van der Waals surface area (Å²) in [5.41, 5.74) is 8.91. The number of rotatable bonds is 8. The number of aryl methyl sites for hydroxylation is 1. The molecular formula is C28H32N6O3S. The maximum atomic E-state index is 13.4. The molecule has 4 aromatic rings. The minimum absolute atomic E-state index is 0.0428. The minimum Gasteiger partial charge on any atom is -0.399 e. The average molecular weight is 533 g/mol. The van der Waals surface area contributed by atoms with Crippen molar-refractivity contribution in [1.82, 2.24) is 24.2 Å². The Bertz CT molecular complexity index is 1510. The molecule has 1 atom stereocenters. The second-order valence-electron chi connectivity index (χ2n) is 9.82. The van der Waals surface area contributed by atoms with Crippen molar-refractivity contribution in [3.8, 4) is 0 Å². The summed E-state index contributed by atoms with van der Waals surface area (Å²) in [5.74, 6) is 1.33. The van der Waals surface area contributed by atoms with Crippen LogP contribution in [0.3, 0.4) is 0 Å². The summed E-state index contributed by atoms with van der Waals surface area (Å²) in [6.07, 6.45) is 5.37. The highest BCUT2D eigenvalue weighted by atomic mass is 32.2. The number of nitrogens with two attached hydrogens (primary N) is 1. The first-order valence-electron chi connectivity index (χ1n) is 12.8. The van der Waals surface area contributed by atoms with Gasteiger partial charge in [0, 0.05) is 37.9 Å². The quantitative estimate of drug-likeness (QED) is 0.334. The summed E-state index contributed by atoms with van der Waals surface area (Å²) in [4.78, 5) is 24.1. The fraction of sp³-hybridized carbons (Fsp3) is 0.321. The molecule has 1 unspecified atom stereocenters. The average Bonchev–Trinajstić information content (AvgIpc) is 3.24. The number of nitrogens with zero attached hydrogens (tertiary/aromatic N) is 4. The van der Waals surface area contributed by atoms with Gasteiger partial charge in [-0.3, -0.25) is 9.78 Å². The highest BCUT2D eigenvalue weighted by Crippen LogP contribution is 2.26. The molecule has 5 rings (SSSR count). The molecule has 0 radical (unpaired) electrons. The number of carbonyl (C=O) groups is 1. The van der Waals surface area contributed by atoms with Crippen LogP contribution in [0.4, 0.5) is 5.69 Å². The van der Waals surface area contributed by atoms with Crippen molar-refractivity contribution in [2.24, 2.45) is 5.92 Å². The lowest BCUT2D eigenvalue weighted by Crippen LogP contribution is -2.41. The lowest BCUT2D eigenvalue weighted by molar-refractivity contribution is -0.133. The van der Waals surface area contributed by atoms with E-state index in [1.54, 1.807) is 24.5 Å². The Morgan fingerprint density at radius 1 is 1.08 bits per heavy atom. The number of nitrogen functional groups attached to an aromatic ring is 1. The molecule has 3 N–H and O–H groups in total. The largest absolute Gasteiger partial charge is 0.399 e. The third-order valence-corrected chi connectivity index (χ3v) is 8.71. The zero-order valence-electron chi connectivity index (χ0n) is 21.3. The highest BCUT2D eigenvalue weighted by Gasteiger charge is 2.28. The lowest BCUT2D eigenvalue weighted by atomic mass is 9.95. The van der Waals surface area contributed by atoms with Crippen LogP contribution in [0.25, 0.3) is 11.0 Å². The Morgan fingerprint density at radius 2 is 1.79 bits per heavy atom. The Hall–Kier alpha value is -3.76. The number of likely N-dealkylation sites (tertiary alicyclic amines) is 1. The predicted octanol–water partition coefficient (Wildman–Crippen LogP) is 3.67. The van der Waals surface area contributed by atoms with Crippen LogP contribution >= 0.6 is 0 Å². The van der Waals surface area contributed by atoms with Crippen molar-refractivity contribution in [3.63, 3.8) is 0 Å². The summed E-state index contributed by atoms with van der Waals surface area (Å²) in [6, 6.07) is 16.6. The van der Waals surface area contributed by atoms with Gasteiger partial charge in [-0.2, -0.15) is 0 Å². The maximum absolute atomic E-state index is 13.4. The Kier molecular flexibility index (Phi) is 7.44. The number of nitrogens with one attached hydrogen (secondary N) is 1. The van der Waals surface area contributed by atoms with E-state index in [1.807, 2.05) is 48.2 Å². The molecule has 198 valence electrons. The van der Waals surface area contributed by atoms with Gasteiger partial charge in [-0.25, -0.2) is 18.1 Å². The summed E-state index contributed by atoms with van der Waals surface area (Å²) < 4.78 is 31.2. The van der Waals surface area contributed by atoms with Gasteiger partial charge in [-0.15, -0.1) is 0 Å². The van der Waals surface area contributed by atoms with Crippen molar-refractivity contribution >= 4 is 32.7 Å². The number of anilines is 1. The second kappa shape index (κ2) is 10.9. The first-order valence-corrected chi connectivity index (χ1v) is 14.3. The number of pyridine rings is 1. The standard InChI is InChI=1S/C28H32N6O3S/c1-20-31-26-18-30-14-11-27(26)34(20)19-21-12-15-33(16-13-21)28(35)17-25(22-5-3-2-4-6-22)32-38(36,37)24-9-7-23(29)8-10-24/h2-11,14,18,21,25,32H,12-13,15-17,19,29H2,1H3. The van der Waals surface area contributed by atoms with E-state index < -0.39 is 16.1 Å². The van der Waals surface area contributed by atoms with Crippen LogP contribution in [-0.2, 0) is 21.4 Å². The molecule has 0 spiro atoms. The van der Waals surface area contributed by atoms with Crippen LogP contribution in [0.15, 0.2) is 78.0 Å².